The number of hydrogen-bond acceptors (Lipinski definition) is 2. The first-order valence-electron chi connectivity index (χ1n) is 3.53. The second-order valence-corrected chi connectivity index (χ2v) is 5.50. The fraction of sp³-hybridized carbons (Fsp3) is 0.125. The highest BCUT2D eigenvalue weighted by Crippen LogP contribution is 2.21. The number of rotatable bonds is 1. The normalized spacial score (nSPS) is 10.5. The maximum atomic E-state index is 4.22. The number of hydrogen-bond donors (Lipinski definition) is 0. The van der Waals surface area contributed by atoms with Crippen molar-refractivity contribution in [2.45, 2.75) is 6.92 Å². The van der Waals surface area contributed by atoms with Crippen molar-refractivity contribution in [3.8, 4) is 5.00 Å². The minimum Gasteiger partial charge on any atom is -0.231 e. The quantitative estimate of drug-likeness (QED) is 0.738. The summed E-state index contributed by atoms with van der Waals surface area (Å²) in [5.41, 5.74) is 1.19. The SMILES string of the molecule is Cc1cnn(-c2ccc(I)s2)c1. The van der Waals surface area contributed by atoms with Crippen molar-refractivity contribution >= 4 is 33.9 Å². The van der Waals surface area contributed by atoms with Gasteiger partial charge in [-0.05, 0) is 47.2 Å². The molecule has 0 aliphatic rings. The lowest BCUT2D eigenvalue weighted by Crippen LogP contribution is -1.88. The van der Waals surface area contributed by atoms with Crippen LogP contribution in [0.2, 0.25) is 0 Å². The second kappa shape index (κ2) is 3.18. The van der Waals surface area contributed by atoms with E-state index in [1.165, 1.54) is 13.4 Å². The summed E-state index contributed by atoms with van der Waals surface area (Å²) in [7, 11) is 0. The Kier molecular flexibility index (Phi) is 2.18. The van der Waals surface area contributed by atoms with Gasteiger partial charge in [-0.2, -0.15) is 5.10 Å². The standard InChI is InChI=1S/C8H7IN2S/c1-6-4-10-11(5-6)8-3-2-7(9)12-8/h2-5H,1H3. The molecular formula is C8H7IN2S. The third-order valence-corrected chi connectivity index (χ3v) is 3.38. The molecule has 2 aromatic rings. The molecule has 0 N–H and O–H groups in total. The lowest BCUT2D eigenvalue weighted by atomic mass is 10.4. The highest BCUT2D eigenvalue weighted by Gasteiger charge is 2.00. The van der Waals surface area contributed by atoms with Crippen LogP contribution in [0.1, 0.15) is 5.56 Å². The van der Waals surface area contributed by atoms with E-state index in [2.05, 4.69) is 39.8 Å². The van der Waals surface area contributed by atoms with E-state index in [9.17, 15) is 0 Å². The van der Waals surface area contributed by atoms with E-state index >= 15 is 0 Å². The van der Waals surface area contributed by atoms with Crippen LogP contribution in [0.3, 0.4) is 0 Å². The average Bonchev–Trinajstić information content (AvgIpc) is 2.58. The van der Waals surface area contributed by atoms with E-state index in [1.54, 1.807) is 11.3 Å². The van der Waals surface area contributed by atoms with Crippen molar-refractivity contribution < 1.29 is 0 Å². The van der Waals surface area contributed by atoms with E-state index < -0.39 is 0 Å². The first kappa shape index (κ1) is 8.25. The summed E-state index contributed by atoms with van der Waals surface area (Å²) in [4.78, 5) is 0. The number of nitrogens with zero attached hydrogens (tertiary/aromatic N) is 2. The zero-order valence-corrected chi connectivity index (χ0v) is 9.46. The summed E-state index contributed by atoms with van der Waals surface area (Å²) < 4.78 is 3.19. The summed E-state index contributed by atoms with van der Waals surface area (Å²) in [6, 6.07) is 4.18. The molecule has 0 saturated carbocycles. The summed E-state index contributed by atoms with van der Waals surface area (Å²) in [6.45, 7) is 2.04. The van der Waals surface area contributed by atoms with Crippen LogP contribution in [0.5, 0.6) is 0 Å². The number of halogens is 1. The fourth-order valence-electron chi connectivity index (χ4n) is 0.961. The van der Waals surface area contributed by atoms with Crippen molar-refractivity contribution in [2.24, 2.45) is 0 Å². The van der Waals surface area contributed by atoms with Gasteiger partial charge in [0.25, 0.3) is 0 Å². The molecule has 4 heteroatoms. The van der Waals surface area contributed by atoms with Gasteiger partial charge in [0.2, 0.25) is 0 Å². The lowest BCUT2D eigenvalue weighted by Gasteiger charge is -1.92. The van der Waals surface area contributed by atoms with Crippen LogP contribution in [0.15, 0.2) is 24.5 Å². The maximum absolute atomic E-state index is 4.22. The zero-order chi connectivity index (χ0) is 8.55. The van der Waals surface area contributed by atoms with Gasteiger partial charge < -0.3 is 0 Å². The summed E-state index contributed by atoms with van der Waals surface area (Å²) >= 11 is 4.05. The van der Waals surface area contributed by atoms with Gasteiger partial charge in [-0.3, -0.25) is 0 Å². The molecule has 0 aliphatic carbocycles. The minimum absolute atomic E-state index is 1.17. The van der Waals surface area contributed by atoms with E-state index in [0.29, 0.717) is 0 Å². The van der Waals surface area contributed by atoms with Crippen LogP contribution in [0.25, 0.3) is 5.00 Å². The number of thiophene rings is 1. The molecule has 0 bridgehead atoms. The Morgan fingerprint density at radius 1 is 1.50 bits per heavy atom. The molecule has 12 heavy (non-hydrogen) atoms. The summed E-state index contributed by atoms with van der Waals surface area (Å²) in [5.74, 6) is 0. The predicted molar refractivity (Wildman–Crippen MR) is 58.9 cm³/mol. The third kappa shape index (κ3) is 1.54. The number of aryl methyl sites for hydroxylation is 1. The summed E-state index contributed by atoms with van der Waals surface area (Å²) in [6.07, 6.45) is 3.90. The molecule has 2 rings (SSSR count). The average molecular weight is 290 g/mol. The Balaban J connectivity index is 2.43. The lowest BCUT2D eigenvalue weighted by molar-refractivity contribution is 0.897. The van der Waals surface area contributed by atoms with Crippen molar-refractivity contribution in [3.05, 3.63) is 33.0 Å². The molecule has 0 saturated heterocycles. The van der Waals surface area contributed by atoms with E-state index in [4.69, 9.17) is 0 Å². The molecule has 0 radical (unpaired) electrons. The summed E-state index contributed by atoms with van der Waals surface area (Å²) in [5, 5.41) is 5.40. The van der Waals surface area contributed by atoms with Crippen molar-refractivity contribution in [2.75, 3.05) is 0 Å². The van der Waals surface area contributed by atoms with Gasteiger partial charge in [0, 0.05) is 6.20 Å². The van der Waals surface area contributed by atoms with Crippen LogP contribution in [-0.4, -0.2) is 9.78 Å². The van der Waals surface area contributed by atoms with Crippen molar-refractivity contribution in [3.63, 3.8) is 0 Å². The number of aromatic nitrogens is 2. The van der Waals surface area contributed by atoms with E-state index in [1.807, 2.05) is 24.0 Å². The molecule has 0 atom stereocenters. The molecule has 2 nitrogen and oxygen atoms in total. The zero-order valence-electron chi connectivity index (χ0n) is 6.49. The fourth-order valence-corrected chi connectivity index (χ4v) is 2.48. The molecular weight excluding hydrogens is 283 g/mol. The van der Waals surface area contributed by atoms with Crippen molar-refractivity contribution in [1.82, 2.24) is 9.78 Å². The van der Waals surface area contributed by atoms with Gasteiger partial charge in [0.05, 0.1) is 9.08 Å². The van der Waals surface area contributed by atoms with Crippen LogP contribution in [0, 0.1) is 9.81 Å². The molecule has 0 amide bonds. The predicted octanol–water partition coefficient (Wildman–Crippen LogP) is 2.85. The highest BCUT2D eigenvalue weighted by atomic mass is 127. The molecule has 62 valence electrons. The van der Waals surface area contributed by atoms with E-state index in [-0.39, 0.29) is 0 Å². The molecule has 2 heterocycles. The van der Waals surface area contributed by atoms with E-state index in [0.717, 1.165) is 0 Å². The Morgan fingerprint density at radius 2 is 2.33 bits per heavy atom. The first-order valence-corrected chi connectivity index (χ1v) is 5.42. The molecule has 0 unspecified atom stereocenters. The molecule has 0 fully saturated rings. The van der Waals surface area contributed by atoms with Gasteiger partial charge in [-0.1, -0.05) is 0 Å². The first-order chi connectivity index (χ1) is 5.75. The molecule has 2 aromatic heterocycles. The van der Waals surface area contributed by atoms with Crippen LogP contribution < -0.4 is 0 Å². The Labute approximate surface area is 88.4 Å². The van der Waals surface area contributed by atoms with Crippen LogP contribution in [0.4, 0.5) is 0 Å². The third-order valence-electron chi connectivity index (χ3n) is 1.50. The van der Waals surface area contributed by atoms with Gasteiger partial charge in [0.15, 0.2) is 0 Å². The van der Waals surface area contributed by atoms with Gasteiger partial charge >= 0.3 is 0 Å². The highest BCUT2D eigenvalue weighted by molar-refractivity contribution is 14.1. The molecule has 0 aromatic carbocycles. The smallest absolute Gasteiger partial charge is 0.118 e. The monoisotopic (exact) mass is 290 g/mol. The van der Waals surface area contributed by atoms with Gasteiger partial charge in [0.1, 0.15) is 5.00 Å². The second-order valence-electron chi connectivity index (χ2n) is 2.54. The maximum Gasteiger partial charge on any atom is 0.118 e. The van der Waals surface area contributed by atoms with Crippen LogP contribution in [-0.2, 0) is 0 Å². The molecule has 0 aliphatic heterocycles. The Morgan fingerprint density at radius 3 is 2.83 bits per heavy atom. The Bertz CT molecular complexity index is 353. The largest absolute Gasteiger partial charge is 0.231 e. The topological polar surface area (TPSA) is 17.8 Å². The van der Waals surface area contributed by atoms with Crippen molar-refractivity contribution in [1.29, 1.82) is 0 Å². The van der Waals surface area contributed by atoms with Gasteiger partial charge in [-0.25, -0.2) is 4.68 Å². The van der Waals surface area contributed by atoms with Crippen LogP contribution >= 0.6 is 33.9 Å². The van der Waals surface area contributed by atoms with Gasteiger partial charge in [-0.15, -0.1) is 11.3 Å². The molecule has 0 spiro atoms. The Hall–Kier alpha value is -0.360. The minimum atomic E-state index is 1.17.